The van der Waals surface area contributed by atoms with Crippen LogP contribution in [0.3, 0.4) is 0 Å². The number of thiophene rings is 3. The Balaban J connectivity index is 0.882. The highest BCUT2D eigenvalue weighted by molar-refractivity contribution is 7.36. The van der Waals surface area contributed by atoms with Crippen molar-refractivity contribution in [2.45, 2.75) is 0 Å². The molecule has 0 unspecified atom stereocenters. The van der Waals surface area contributed by atoms with E-state index in [1.165, 1.54) is 83.1 Å². The van der Waals surface area contributed by atoms with Gasteiger partial charge in [-0.3, -0.25) is 0 Å². The van der Waals surface area contributed by atoms with Gasteiger partial charge in [0.2, 0.25) is 0 Å². The SMILES string of the molecule is c1ccc2cc3sc(-c4ccc(-c5ccc6c(c5)sc5c7ccc(-c8ccc(-c9cc%10ccccc%10o9)cc8)cc7sc65)cc4)cc3cc2c1. The summed E-state index contributed by atoms with van der Waals surface area (Å²) in [5.41, 5.74) is 8.24. The summed E-state index contributed by atoms with van der Waals surface area (Å²) < 4.78 is 12.9. The zero-order valence-electron chi connectivity index (χ0n) is 26.6. The molecule has 0 saturated heterocycles. The van der Waals surface area contributed by atoms with Crippen molar-refractivity contribution in [3.05, 3.63) is 158 Å². The van der Waals surface area contributed by atoms with Crippen molar-refractivity contribution in [2.24, 2.45) is 0 Å². The molecule has 0 radical (unpaired) electrons. The predicted molar refractivity (Wildman–Crippen MR) is 219 cm³/mol. The molecule has 0 aliphatic heterocycles. The first-order chi connectivity index (χ1) is 24.7. The van der Waals surface area contributed by atoms with Gasteiger partial charge in [-0.15, -0.1) is 34.0 Å². The molecule has 4 heterocycles. The minimum absolute atomic E-state index is 0.903. The lowest BCUT2D eigenvalue weighted by Crippen LogP contribution is -1.79. The molecular weight excluding hydrogens is 665 g/mol. The molecular formula is C46H26OS3. The molecule has 50 heavy (non-hydrogen) atoms. The molecule has 0 N–H and O–H groups in total. The van der Waals surface area contributed by atoms with Crippen LogP contribution in [0.1, 0.15) is 0 Å². The maximum Gasteiger partial charge on any atom is 0.135 e. The van der Waals surface area contributed by atoms with E-state index in [4.69, 9.17) is 4.42 Å². The minimum Gasteiger partial charge on any atom is -0.456 e. The summed E-state index contributed by atoms with van der Waals surface area (Å²) >= 11 is 5.70. The monoisotopic (exact) mass is 690 g/mol. The molecule has 7 aromatic carbocycles. The number of para-hydroxylation sites is 1. The number of furan rings is 1. The number of fused-ring (bicyclic) bond motifs is 8. The van der Waals surface area contributed by atoms with Crippen molar-refractivity contribution in [2.75, 3.05) is 0 Å². The molecule has 0 spiro atoms. The molecule has 11 aromatic rings. The summed E-state index contributed by atoms with van der Waals surface area (Å²) in [7, 11) is 0. The fourth-order valence-corrected chi connectivity index (χ4v) is 11.1. The van der Waals surface area contributed by atoms with Gasteiger partial charge in [0, 0.05) is 40.7 Å². The Morgan fingerprint density at radius 3 is 1.52 bits per heavy atom. The Hall–Kier alpha value is -5.52. The van der Waals surface area contributed by atoms with Crippen LogP contribution in [0.4, 0.5) is 0 Å². The molecule has 0 fully saturated rings. The van der Waals surface area contributed by atoms with E-state index in [0.29, 0.717) is 0 Å². The van der Waals surface area contributed by atoms with Crippen molar-refractivity contribution in [3.63, 3.8) is 0 Å². The molecule has 0 atom stereocenters. The zero-order valence-corrected chi connectivity index (χ0v) is 29.1. The number of hydrogen-bond donors (Lipinski definition) is 0. The molecule has 11 rings (SSSR count). The lowest BCUT2D eigenvalue weighted by atomic mass is 10.0. The standard InChI is InChI=1S/C46H26OS3/c1-2-6-32-23-42-36(21-31(32)5-1)26-41(48-42)30-15-11-28(12-16-30)34-18-20-38-44(25-34)50-45-37-19-17-33(24-43(37)49-46(38)45)27-9-13-29(14-10-27)40-22-35-7-3-4-8-39(35)47-40/h1-26H. The van der Waals surface area contributed by atoms with Gasteiger partial charge in [-0.2, -0.15) is 0 Å². The Labute approximate surface area is 299 Å². The van der Waals surface area contributed by atoms with E-state index >= 15 is 0 Å². The predicted octanol–water partition coefficient (Wildman–Crippen LogP) is 15.1. The quantitative estimate of drug-likeness (QED) is 0.179. The molecule has 0 amide bonds. The first kappa shape index (κ1) is 28.3. The van der Waals surface area contributed by atoms with Crippen LogP contribution in [0, 0.1) is 0 Å². The summed E-state index contributed by atoms with van der Waals surface area (Å²) in [4.78, 5) is 1.31. The van der Waals surface area contributed by atoms with Crippen LogP contribution in [0.5, 0.6) is 0 Å². The summed E-state index contributed by atoms with van der Waals surface area (Å²) in [6.07, 6.45) is 0. The van der Waals surface area contributed by atoms with Crippen molar-refractivity contribution >= 4 is 95.4 Å². The van der Waals surface area contributed by atoms with E-state index in [9.17, 15) is 0 Å². The first-order valence-corrected chi connectivity index (χ1v) is 19.2. The minimum atomic E-state index is 0.903. The van der Waals surface area contributed by atoms with E-state index in [0.717, 1.165) is 22.3 Å². The van der Waals surface area contributed by atoms with Gasteiger partial charge in [-0.25, -0.2) is 0 Å². The summed E-state index contributed by atoms with van der Waals surface area (Å²) in [5, 5.41) is 7.73. The van der Waals surface area contributed by atoms with E-state index in [-0.39, 0.29) is 0 Å². The Kier molecular flexibility index (Phi) is 6.23. The van der Waals surface area contributed by atoms with E-state index in [1.807, 2.05) is 52.2 Å². The number of rotatable bonds is 4. The maximum atomic E-state index is 6.09. The highest BCUT2D eigenvalue weighted by Crippen LogP contribution is 2.46. The second kappa shape index (κ2) is 11.0. The number of hydrogen-bond acceptors (Lipinski definition) is 4. The van der Waals surface area contributed by atoms with Crippen molar-refractivity contribution in [1.82, 2.24) is 0 Å². The van der Waals surface area contributed by atoms with Crippen molar-refractivity contribution in [3.8, 4) is 44.0 Å². The van der Waals surface area contributed by atoms with Gasteiger partial charge in [-0.1, -0.05) is 115 Å². The van der Waals surface area contributed by atoms with Gasteiger partial charge in [0.05, 0.1) is 9.40 Å². The van der Waals surface area contributed by atoms with Crippen molar-refractivity contribution in [1.29, 1.82) is 0 Å². The normalized spacial score (nSPS) is 12.0. The highest BCUT2D eigenvalue weighted by atomic mass is 32.1. The summed E-state index contributed by atoms with van der Waals surface area (Å²) in [5.74, 6) is 0.903. The third-order valence-corrected chi connectivity index (χ3v) is 13.5. The van der Waals surface area contributed by atoms with E-state index in [2.05, 4.69) is 140 Å². The van der Waals surface area contributed by atoms with Crippen LogP contribution >= 0.6 is 34.0 Å². The maximum absolute atomic E-state index is 6.09. The van der Waals surface area contributed by atoms with Crippen LogP contribution in [0.15, 0.2) is 162 Å². The third-order valence-electron chi connectivity index (χ3n) is 9.90. The molecule has 0 bridgehead atoms. The average molecular weight is 691 g/mol. The van der Waals surface area contributed by atoms with Crippen LogP contribution in [0.25, 0.3) is 105 Å². The first-order valence-electron chi connectivity index (χ1n) is 16.7. The van der Waals surface area contributed by atoms with Gasteiger partial charge in [0.25, 0.3) is 0 Å². The largest absolute Gasteiger partial charge is 0.456 e. The number of benzene rings is 7. The topological polar surface area (TPSA) is 13.1 Å². The van der Waals surface area contributed by atoms with Gasteiger partial charge in [0.15, 0.2) is 0 Å². The van der Waals surface area contributed by atoms with Gasteiger partial charge in [-0.05, 0) is 86.4 Å². The Morgan fingerprint density at radius 1 is 0.340 bits per heavy atom. The Bertz CT molecular complexity index is 2990. The third kappa shape index (κ3) is 4.57. The van der Waals surface area contributed by atoms with Crippen molar-refractivity contribution < 1.29 is 4.42 Å². The molecule has 4 heteroatoms. The van der Waals surface area contributed by atoms with Gasteiger partial charge >= 0.3 is 0 Å². The molecule has 1 nitrogen and oxygen atoms in total. The highest BCUT2D eigenvalue weighted by Gasteiger charge is 2.15. The fraction of sp³-hybridized carbons (Fsp3) is 0. The molecule has 234 valence electrons. The second-order valence-electron chi connectivity index (χ2n) is 12.9. The zero-order chi connectivity index (χ0) is 32.8. The van der Waals surface area contributed by atoms with E-state index in [1.54, 1.807) is 0 Å². The summed E-state index contributed by atoms with van der Waals surface area (Å²) in [6, 6.07) is 57.6. The van der Waals surface area contributed by atoms with Crippen LogP contribution < -0.4 is 0 Å². The smallest absolute Gasteiger partial charge is 0.135 e. The Morgan fingerprint density at radius 2 is 0.880 bits per heavy atom. The van der Waals surface area contributed by atoms with Crippen LogP contribution in [-0.4, -0.2) is 0 Å². The van der Waals surface area contributed by atoms with E-state index < -0.39 is 0 Å². The summed E-state index contributed by atoms with van der Waals surface area (Å²) in [6.45, 7) is 0. The molecule has 0 aliphatic carbocycles. The molecule has 4 aromatic heterocycles. The lowest BCUT2D eigenvalue weighted by Gasteiger charge is -2.04. The average Bonchev–Trinajstić information content (AvgIpc) is 3.95. The molecule has 0 saturated carbocycles. The van der Waals surface area contributed by atoms with Crippen LogP contribution in [-0.2, 0) is 0 Å². The lowest BCUT2D eigenvalue weighted by molar-refractivity contribution is 0.631. The van der Waals surface area contributed by atoms with Gasteiger partial charge in [0.1, 0.15) is 11.3 Å². The molecule has 0 aliphatic rings. The van der Waals surface area contributed by atoms with Gasteiger partial charge < -0.3 is 4.42 Å². The fourth-order valence-electron chi connectivity index (χ4n) is 7.26. The second-order valence-corrected chi connectivity index (χ2v) is 16.1. The van der Waals surface area contributed by atoms with Crippen LogP contribution in [0.2, 0.25) is 0 Å².